The van der Waals surface area contributed by atoms with E-state index in [0.717, 1.165) is 15.6 Å². The van der Waals surface area contributed by atoms with E-state index in [1.54, 1.807) is 0 Å². The molecule has 0 saturated carbocycles. The van der Waals surface area contributed by atoms with Gasteiger partial charge < -0.3 is 5.32 Å². The van der Waals surface area contributed by atoms with Crippen LogP contribution in [0.1, 0.15) is 5.56 Å². The predicted molar refractivity (Wildman–Crippen MR) is 56.3 cm³/mol. The second-order valence-corrected chi connectivity index (χ2v) is 3.69. The summed E-state index contributed by atoms with van der Waals surface area (Å²) in [5.74, 6) is 0. The van der Waals surface area contributed by atoms with E-state index < -0.39 is 0 Å². The van der Waals surface area contributed by atoms with E-state index in [0.29, 0.717) is 0 Å². The fourth-order valence-corrected chi connectivity index (χ4v) is 1.48. The zero-order valence-electron chi connectivity index (χ0n) is 6.20. The molecule has 1 rings (SSSR count). The number of hydrogen-bond donors (Lipinski definition) is 1. The van der Waals surface area contributed by atoms with Crippen molar-refractivity contribution in [3.05, 3.63) is 28.2 Å². The van der Waals surface area contributed by atoms with Crippen LogP contribution in [-0.2, 0) is 0 Å². The van der Waals surface area contributed by atoms with E-state index >= 15 is 0 Å². The van der Waals surface area contributed by atoms with Gasteiger partial charge in [0.05, 0.1) is 5.45 Å². The van der Waals surface area contributed by atoms with Gasteiger partial charge in [0.25, 0.3) is 0 Å². The Bertz CT molecular complexity index is 248. The van der Waals surface area contributed by atoms with Gasteiger partial charge in [-0.2, -0.15) is 0 Å². The fraction of sp³-hybridized carbons (Fsp3) is 0.250. The number of alkyl halides is 1. The van der Waals surface area contributed by atoms with Gasteiger partial charge in [0.2, 0.25) is 0 Å². The normalized spacial score (nSPS) is 9.73. The van der Waals surface area contributed by atoms with Crippen LogP contribution in [0.5, 0.6) is 0 Å². The Morgan fingerprint density at radius 2 is 2.18 bits per heavy atom. The van der Waals surface area contributed by atoms with Crippen LogP contribution >= 0.6 is 31.9 Å². The second kappa shape index (κ2) is 4.12. The third-order valence-electron chi connectivity index (χ3n) is 1.44. The van der Waals surface area contributed by atoms with Crippen LogP contribution in [0.3, 0.4) is 0 Å². The van der Waals surface area contributed by atoms with Crippen molar-refractivity contribution in [2.75, 3.05) is 10.8 Å². The topological polar surface area (TPSA) is 12.0 Å². The molecular formula is C8H9Br2N. The molecule has 0 bridgehead atoms. The monoisotopic (exact) mass is 277 g/mol. The number of benzene rings is 1. The molecule has 0 amide bonds. The molecule has 0 aliphatic rings. The molecule has 0 aliphatic carbocycles. The third-order valence-corrected chi connectivity index (χ3v) is 2.58. The molecule has 1 N–H and O–H groups in total. The van der Waals surface area contributed by atoms with Crippen LogP contribution in [-0.4, -0.2) is 5.45 Å². The molecule has 0 saturated heterocycles. The lowest BCUT2D eigenvalue weighted by molar-refractivity contribution is 1.39. The van der Waals surface area contributed by atoms with Gasteiger partial charge in [-0.05, 0) is 24.6 Å². The van der Waals surface area contributed by atoms with Gasteiger partial charge in [0.15, 0.2) is 0 Å². The molecule has 60 valence electrons. The summed E-state index contributed by atoms with van der Waals surface area (Å²) in [6, 6.07) is 6.20. The molecule has 1 aromatic carbocycles. The van der Waals surface area contributed by atoms with Crippen molar-refractivity contribution in [3.63, 3.8) is 0 Å². The molecule has 0 heterocycles. The maximum absolute atomic E-state index is 3.46. The third kappa shape index (κ3) is 2.49. The van der Waals surface area contributed by atoms with Gasteiger partial charge in [0, 0.05) is 10.2 Å². The first-order chi connectivity index (χ1) is 5.24. The van der Waals surface area contributed by atoms with E-state index in [9.17, 15) is 0 Å². The number of aryl methyl sites for hydroxylation is 1. The number of halogens is 2. The van der Waals surface area contributed by atoms with Crippen LogP contribution in [0.15, 0.2) is 22.7 Å². The van der Waals surface area contributed by atoms with Crippen LogP contribution in [0.2, 0.25) is 0 Å². The molecule has 0 aliphatic heterocycles. The Balaban J connectivity index is 2.86. The summed E-state index contributed by atoms with van der Waals surface area (Å²) < 4.78 is 1.14. The van der Waals surface area contributed by atoms with Crippen molar-refractivity contribution in [3.8, 4) is 0 Å². The van der Waals surface area contributed by atoms with Gasteiger partial charge in [-0.25, -0.2) is 0 Å². The first-order valence-electron chi connectivity index (χ1n) is 3.30. The second-order valence-electron chi connectivity index (χ2n) is 2.27. The molecule has 1 nitrogen and oxygen atoms in total. The first kappa shape index (κ1) is 9.07. The summed E-state index contributed by atoms with van der Waals surface area (Å²) in [6.07, 6.45) is 0. The van der Waals surface area contributed by atoms with E-state index in [1.165, 1.54) is 5.56 Å². The molecule has 0 aromatic heterocycles. The number of nitrogens with one attached hydrogen (secondary N) is 1. The first-order valence-corrected chi connectivity index (χ1v) is 5.21. The van der Waals surface area contributed by atoms with Crippen LogP contribution in [0.4, 0.5) is 5.69 Å². The predicted octanol–water partition coefficient (Wildman–Crippen LogP) is 3.52. The Labute approximate surface area is 83.4 Å². The number of anilines is 1. The summed E-state index contributed by atoms with van der Waals surface area (Å²) in [6.45, 7) is 2.07. The van der Waals surface area contributed by atoms with Crippen molar-refractivity contribution in [2.45, 2.75) is 6.92 Å². The summed E-state index contributed by atoms with van der Waals surface area (Å²) in [5.41, 5.74) is 3.16. The molecule has 11 heavy (non-hydrogen) atoms. The zero-order chi connectivity index (χ0) is 8.27. The van der Waals surface area contributed by atoms with Gasteiger partial charge >= 0.3 is 0 Å². The fourth-order valence-electron chi connectivity index (χ4n) is 0.780. The summed E-state index contributed by atoms with van der Waals surface area (Å²) >= 11 is 6.76. The largest absolute Gasteiger partial charge is 0.375 e. The van der Waals surface area contributed by atoms with Crippen molar-refractivity contribution >= 4 is 37.5 Å². The molecular weight excluding hydrogens is 270 g/mol. The minimum absolute atomic E-state index is 0.780. The summed E-state index contributed by atoms with van der Waals surface area (Å²) in [4.78, 5) is 0. The maximum atomic E-state index is 3.46. The van der Waals surface area contributed by atoms with Crippen molar-refractivity contribution in [2.24, 2.45) is 0 Å². The van der Waals surface area contributed by atoms with Crippen LogP contribution < -0.4 is 5.32 Å². The minimum atomic E-state index is 0.780. The van der Waals surface area contributed by atoms with Crippen LogP contribution in [0, 0.1) is 6.92 Å². The molecule has 0 fully saturated rings. The SMILES string of the molecule is Cc1ccc(NCBr)cc1Br. The lowest BCUT2D eigenvalue weighted by atomic mass is 10.2. The summed E-state index contributed by atoms with van der Waals surface area (Å²) in [7, 11) is 0. The maximum Gasteiger partial charge on any atom is 0.0707 e. The highest BCUT2D eigenvalue weighted by atomic mass is 79.9. The molecule has 1 aromatic rings. The smallest absolute Gasteiger partial charge is 0.0707 e. The zero-order valence-corrected chi connectivity index (χ0v) is 9.37. The van der Waals surface area contributed by atoms with E-state index in [2.05, 4.69) is 62.3 Å². The Hall–Kier alpha value is -0.0200. The van der Waals surface area contributed by atoms with Gasteiger partial charge in [-0.15, -0.1) is 0 Å². The Morgan fingerprint density at radius 3 is 2.73 bits per heavy atom. The van der Waals surface area contributed by atoms with E-state index in [-0.39, 0.29) is 0 Å². The molecule has 0 unspecified atom stereocenters. The molecule has 0 spiro atoms. The molecule has 0 atom stereocenters. The van der Waals surface area contributed by atoms with E-state index in [1.807, 2.05) is 0 Å². The highest BCUT2D eigenvalue weighted by Gasteiger charge is 1.94. The molecule has 0 radical (unpaired) electrons. The van der Waals surface area contributed by atoms with Crippen LogP contribution in [0.25, 0.3) is 0 Å². The van der Waals surface area contributed by atoms with Crippen molar-refractivity contribution in [1.82, 2.24) is 0 Å². The lowest BCUT2D eigenvalue weighted by Gasteiger charge is -2.03. The average Bonchev–Trinajstić information content (AvgIpc) is 1.98. The molecule has 3 heteroatoms. The summed E-state index contributed by atoms with van der Waals surface area (Å²) in [5, 5.41) is 3.16. The van der Waals surface area contributed by atoms with E-state index in [4.69, 9.17) is 0 Å². The average molecular weight is 279 g/mol. The van der Waals surface area contributed by atoms with Gasteiger partial charge in [0.1, 0.15) is 0 Å². The minimum Gasteiger partial charge on any atom is -0.375 e. The Morgan fingerprint density at radius 1 is 1.45 bits per heavy atom. The highest BCUT2D eigenvalue weighted by molar-refractivity contribution is 9.10. The standard InChI is InChI=1S/C8H9Br2N/c1-6-2-3-7(11-5-9)4-8(6)10/h2-4,11H,5H2,1H3. The van der Waals surface area contributed by atoms with Crippen molar-refractivity contribution in [1.29, 1.82) is 0 Å². The van der Waals surface area contributed by atoms with Gasteiger partial charge in [-0.3, -0.25) is 0 Å². The Kier molecular flexibility index (Phi) is 3.40. The van der Waals surface area contributed by atoms with Gasteiger partial charge in [-0.1, -0.05) is 37.9 Å². The number of hydrogen-bond acceptors (Lipinski definition) is 1. The van der Waals surface area contributed by atoms with Crippen molar-refractivity contribution < 1.29 is 0 Å². The highest BCUT2D eigenvalue weighted by Crippen LogP contribution is 2.20. The quantitative estimate of drug-likeness (QED) is 0.645. The lowest BCUT2D eigenvalue weighted by Crippen LogP contribution is -1.93. The number of rotatable bonds is 2.